The number of ether oxygens (including phenoxy) is 2. The standard InChI is InChI=1S/C21H27NO5/c1-12(2)25-10-11-26-21(24)18-14(4)22-15-6-5-7-16(23)19(15)20(18)17-9-8-13(3)27-17/h8-9,12,20,22H,5-7,10-11H2,1-4H3. The first-order valence-electron chi connectivity index (χ1n) is 9.47. The lowest BCUT2D eigenvalue weighted by molar-refractivity contribution is -0.141. The number of carbonyl (C=O) groups is 2. The van der Waals surface area contributed by atoms with Crippen LogP contribution in [-0.2, 0) is 19.1 Å². The van der Waals surface area contributed by atoms with Crippen molar-refractivity contribution in [3.63, 3.8) is 0 Å². The number of hydrogen-bond acceptors (Lipinski definition) is 6. The molecule has 1 aliphatic carbocycles. The van der Waals surface area contributed by atoms with E-state index in [0.29, 0.717) is 35.6 Å². The molecule has 146 valence electrons. The fourth-order valence-corrected chi connectivity index (χ4v) is 3.64. The number of hydrogen-bond donors (Lipinski definition) is 1. The summed E-state index contributed by atoms with van der Waals surface area (Å²) in [5.41, 5.74) is 2.66. The second-order valence-electron chi connectivity index (χ2n) is 7.27. The lowest BCUT2D eigenvalue weighted by atomic mass is 9.77. The zero-order valence-electron chi connectivity index (χ0n) is 16.4. The summed E-state index contributed by atoms with van der Waals surface area (Å²) in [5.74, 6) is 0.424. The summed E-state index contributed by atoms with van der Waals surface area (Å²) in [6, 6.07) is 3.68. The number of aryl methyl sites for hydroxylation is 1. The molecule has 1 aromatic heterocycles. The zero-order valence-corrected chi connectivity index (χ0v) is 16.4. The first kappa shape index (κ1) is 19.4. The van der Waals surface area contributed by atoms with Crippen molar-refractivity contribution in [2.75, 3.05) is 13.2 Å². The Kier molecular flexibility index (Phi) is 5.85. The summed E-state index contributed by atoms with van der Waals surface area (Å²) < 4.78 is 16.7. The smallest absolute Gasteiger partial charge is 0.336 e. The van der Waals surface area contributed by atoms with Crippen LogP contribution in [0.15, 0.2) is 39.1 Å². The number of dihydropyridines is 1. The highest BCUT2D eigenvalue weighted by Crippen LogP contribution is 2.42. The molecular formula is C21H27NO5. The fraction of sp³-hybridized carbons (Fsp3) is 0.524. The lowest BCUT2D eigenvalue weighted by Crippen LogP contribution is -2.34. The van der Waals surface area contributed by atoms with E-state index in [-0.39, 0.29) is 18.5 Å². The van der Waals surface area contributed by atoms with Gasteiger partial charge in [-0.05, 0) is 52.7 Å². The summed E-state index contributed by atoms with van der Waals surface area (Å²) in [4.78, 5) is 25.6. The van der Waals surface area contributed by atoms with Crippen LogP contribution >= 0.6 is 0 Å². The number of carbonyl (C=O) groups excluding carboxylic acids is 2. The molecule has 0 fully saturated rings. The molecule has 0 saturated heterocycles. The summed E-state index contributed by atoms with van der Waals surface area (Å²) >= 11 is 0. The van der Waals surface area contributed by atoms with E-state index in [1.54, 1.807) is 0 Å². The number of nitrogens with one attached hydrogen (secondary N) is 1. The van der Waals surface area contributed by atoms with Crippen LogP contribution in [0, 0.1) is 6.92 Å². The van der Waals surface area contributed by atoms with Crippen LogP contribution in [0.5, 0.6) is 0 Å². The first-order valence-corrected chi connectivity index (χ1v) is 9.47. The molecule has 27 heavy (non-hydrogen) atoms. The Morgan fingerprint density at radius 2 is 2.04 bits per heavy atom. The Morgan fingerprint density at radius 3 is 2.70 bits per heavy atom. The maximum Gasteiger partial charge on any atom is 0.336 e. The molecule has 6 nitrogen and oxygen atoms in total. The average Bonchev–Trinajstić information content (AvgIpc) is 3.03. The van der Waals surface area contributed by atoms with Crippen LogP contribution in [0.3, 0.4) is 0 Å². The SMILES string of the molecule is CC1=C(C(=O)OCCOC(C)C)C(c2ccc(C)o2)C2=C(CCCC2=O)N1. The van der Waals surface area contributed by atoms with Crippen molar-refractivity contribution in [3.05, 3.63) is 46.2 Å². The van der Waals surface area contributed by atoms with E-state index in [4.69, 9.17) is 13.9 Å². The molecule has 0 spiro atoms. The second-order valence-corrected chi connectivity index (χ2v) is 7.27. The van der Waals surface area contributed by atoms with E-state index >= 15 is 0 Å². The maximum absolute atomic E-state index is 12.9. The predicted octanol–water partition coefficient (Wildman–Crippen LogP) is 3.52. The second kappa shape index (κ2) is 8.13. The van der Waals surface area contributed by atoms with E-state index in [2.05, 4.69) is 5.32 Å². The third kappa shape index (κ3) is 4.16. The fourth-order valence-electron chi connectivity index (χ4n) is 3.64. The minimum Gasteiger partial charge on any atom is -0.465 e. The normalized spacial score (nSPS) is 20.0. The average molecular weight is 373 g/mol. The molecule has 0 saturated carbocycles. The van der Waals surface area contributed by atoms with Gasteiger partial charge in [0.05, 0.1) is 24.2 Å². The van der Waals surface area contributed by atoms with Gasteiger partial charge in [-0.2, -0.15) is 0 Å². The van der Waals surface area contributed by atoms with Crippen LogP contribution < -0.4 is 5.32 Å². The Balaban J connectivity index is 1.90. The molecule has 1 N–H and O–H groups in total. The minimum absolute atomic E-state index is 0.0590. The quantitative estimate of drug-likeness (QED) is 0.607. The molecule has 0 bridgehead atoms. The minimum atomic E-state index is -0.527. The third-order valence-electron chi connectivity index (χ3n) is 4.81. The third-order valence-corrected chi connectivity index (χ3v) is 4.81. The van der Waals surface area contributed by atoms with Gasteiger partial charge in [-0.15, -0.1) is 0 Å². The van der Waals surface area contributed by atoms with Gasteiger partial charge in [-0.3, -0.25) is 4.79 Å². The van der Waals surface area contributed by atoms with Crippen LogP contribution in [0.25, 0.3) is 0 Å². The molecule has 6 heteroatoms. The number of furan rings is 1. The summed E-state index contributed by atoms with van der Waals surface area (Å²) in [6.07, 6.45) is 2.17. The topological polar surface area (TPSA) is 77.8 Å². The molecule has 2 heterocycles. The van der Waals surface area contributed by atoms with Gasteiger partial charge >= 0.3 is 5.97 Å². The highest BCUT2D eigenvalue weighted by Gasteiger charge is 2.40. The number of esters is 1. The summed E-state index contributed by atoms with van der Waals surface area (Å²) in [6.45, 7) is 8.04. The number of ketones is 1. The van der Waals surface area contributed by atoms with E-state index in [1.165, 1.54) is 0 Å². The van der Waals surface area contributed by atoms with Gasteiger partial charge in [-0.1, -0.05) is 0 Å². The summed E-state index contributed by atoms with van der Waals surface area (Å²) in [5, 5.41) is 3.26. The van der Waals surface area contributed by atoms with E-state index in [0.717, 1.165) is 24.3 Å². The van der Waals surface area contributed by atoms with E-state index in [1.807, 2.05) is 39.8 Å². The Labute approximate surface area is 159 Å². The van der Waals surface area contributed by atoms with Crippen molar-refractivity contribution in [2.24, 2.45) is 0 Å². The Bertz CT molecular complexity index is 799. The monoisotopic (exact) mass is 373 g/mol. The lowest BCUT2D eigenvalue weighted by Gasteiger charge is -2.32. The summed E-state index contributed by atoms with van der Waals surface area (Å²) in [7, 11) is 0. The molecule has 1 aromatic rings. The highest BCUT2D eigenvalue weighted by molar-refractivity contribution is 6.03. The van der Waals surface area contributed by atoms with Crippen molar-refractivity contribution in [1.29, 1.82) is 0 Å². The molecule has 3 rings (SSSR count). The van der Waals surface area contributed by atoms with Gasteiger partial charge in [0.2, 0.25) is 0 Å². The molecule has 2 aliphatic rings. The van der Waals surface area contributed by atoms with Crippen LogP contribution in [0.2, 0.25) is 0 Å². The zero-order chi connectivity index (χ0) is 19.6. The molecular weight excluding hydrogens is 346 g/mol. The number of allylic oxidation sites excluding steroid dienone is 3. The van der Waals surface area contributed by atoms with Gasteiger partial charge in [0, 0.05) is 23.4 Å². The first-order chi connectivity index (χ1) is 12.9. The van der Waals surface area contributed by atoms with Crippen molar-refractivity contribution in [1.82, 2.24) is 5.32 Å². The van der Waals surface area contributed by atoms with Gasteiger partial charge in [-0.25, -0.2) is 4.79 Å². The van der Waals surface area contributed by atoms with Gasteiger partial charge in [0.1, 0.15) is 18.1 Å². The number of Topliss-reactive ketones (excluding diaryl/α,β-unsaturated/α-hetero) is 1. The number of rotatable bonds is 6. The van der Waals surface area contributed by atoms with Crippen molar-refractivity contribution in [2.45, 2.75) is 59.0 Å². The predicted molar refractivity (Wildman–Crippen MR) is 100.0 cm³/mol. The van der Waals surface area contributed by atoms with Crippen molar-refractivity contribution in [3.8, 4) is 0 Å². The van der Waals surface area contributed by atoms with Crippen LogP contribution in [-0.4, -0.2) is 31.1 Å². The highest BCUT2D eigenvalue weighted by atomic mass is 16.6. The molecule has 1 aliphatic heterocycles. The Hall–Kier alpha value is -2.34. The molecule has 0 aromatic carbocycles. The van der Waals surface area contributed by atoms with Crippen molar-refractivity contribution >= 4 is 11.8 Å². The van der Waals surface area contributed by atoms with Crippen molar-refractivity contribution < 1.29 is 23.5 Å². The Morgan fingerprint density at radius 1 is 1.26 bits per heavy atom. The van der Waals surface area contributed by atoms with Crippen LogP contribution in [0.1, 0.15) is 57.5 Å². The van der Waals surface area contributed by atoms with Gasteiger partial charge in [0.15, 0.2) is 5.78 Å². The van der Waals surface area contributed by atoms with Gasteiger partial charge < -0.3 is 19.2 Å². The molecule has 0 amide bonds. The maximum atomic E-state index is 12.9. The van der Waals surface area contributed by atoms with Crippen LogP contribution in [0.4, 0.5) is 0 Å². The van der Waals surface area contributed by atoms with Gasteiger partial charge in [0.25, 0.3) is 0 Å². The molecule has 1 atom stereocenters. The molecule has 1 unspecified atom stereocenters. The largest absolute Gasteiger partial charge is 0.465 e. The van der Waals surface area contributed by atoms with E-state index < -0.39 is 11.9 Å². The molecule has 0 radical (unpaired) electrons. The van der Waals surface area contributed by atoms with E-state index in [9.17, 15) is 9.59 Å².